The van der Waals surface area contributed by atoms with Crippen molar-refractivity contribution in [2.75, 3.05) is 18.5 Å². The Balaban J connectivity index is 1.36. The molecule has 3 saturated heterocycles. The molecule has 0 radical (unpaired) electrons. The van der Waals surface area contributed by atoms with Gasteiger partial charge in [0.1, 0.15) is 17.4 Å². The maximum Gasteiger partial charge on any atom is 0.246 e. The number of amides is 3. The second kappa shape index (κ2) is 12.2. The van der Waals surface area contributed by atoms with Gasteiger partial charge in [0, 0.05) is 11.7 Å². The number of aliphatic hydroxyl groups excluding tert-OH is 1. The molecule has 6 rings (SSSR count). The van der Waals surface area contributed by atoms with Gasteiger partial charge in [-0.25, -0.2) is 0 Å². The normalized spacial score (nSPS) is 31.9. The molecule has 236 valence electrons. The molecule has 4 aliphatic rings. The van der Waals surface area contributed by atoms with Gasteiger partial charge in [-0.2, -0.15) is 0 Å². The highest BCUT2D eigenvalue weighted by atomic mass is 16.5. The minimum absolute atomic E-state index is 0.0377. The summed E-state index contributed by atoms with van der Waals surface area (Å²) in [6, 6.07) is 15.3. The van der Waals surface area contributed by atoms with Crippen LogP contribution >= 0.6 is 0 Å². The van der Waals surface area contributed by atoms with E-state index in [0.717, 1.165) is 37.7 Å². The molecule has 2 bridgehead atoms. The van der Waals surface area contributed by atoms with E-state index in [4.69, 9.17) is 9.47 Å². The number of nitrogens with zero attached hydrogens (tertiary/aromatic N) is 1. The maximum absolute atomic E-state index is 14.7. The zero-order valence-corrected chi connectivity index (χ0v) is 26.0. The number of rotatable bonds is 10. The van der Waals surface area contributed by atoms with E-state index in [1.807, 2.05) is 51.1 Å². The molecule has 4 fully saturated rings. The van der Waals surface area contributed by atoms with Crippen molar-refractivity contribution in [3.63, 3.8) is 0 Å². The predicted molar refractivity (Wildman–Crippen MR) is 166 cm³/mol. The molecule has 7 atom stereocenters. The van der Waals surface area contributed by atoms with Gasteiger partial charge in [-0.15, -0.1) is 0 Å². The Bertz CT molecular complexity index is 1360. The van der Waals surface area contributed by atoms with Crippen LogP contribution in [0.15, 0.2) is 54.6 Å². The summed E-state index contributed by atoms with van der Waals surface area (Å²) in [5.74, 6) is -1.88. The fourth-order valence-electron chi connectivity index (χ4n) is 8.45. The second-order valence-electron chi connectivity index (χ2n) is 13.3. The minimum Gasteiger partial charge on any atom is -0.494 e. The quantitative estimate of drug-likeness (QED) is 0.377. The molecule has 3 amide bonds. The monoisotopic (exact) mass is 603 g/mol. The summed E-state index contributed by atoms with van der Waals surface area (Å²) < 4.78 is 12.4. The van der Waals surface area contributed by atoms with E-state index in [2.05, 4.69) is 10.6 Å². The van der Waals surface area contributed by atoms with Crippen LogP contribution in [0.4, 0.5) is 5.69 Å². The highest BCUT2D eigenvalue weighted by Gasteiger charge is 2.80. The number of aliphatic hydroxyl groups is 1. The lowest BCUT2D eigenvalue weighted by Crippen LogP contribution is -2.59. The summed E-state index contributed by atoms with van der Waals surface area (Å²) >= 11 is 0. The number of hydrogen-bond acceptors (Lipinski definition) is 6. The molecule has 3 aliphatic heterocycles. The Labute approximate surface area is 259 Å². The van der Waals surface area contributed by atoms with Crippen LogP contribution < -0.4 is 15.4 Å². The first-order valence-electron chi connectivity index (χ1n) is 16.2. The van der Waals surface area contributed by atoms with Crippen molar-refractivity contribution in [3.8, 4) is 5.75 Å². The predicted octanol–water partition coefficient (Wildman–Crippen LogP) is 4.09. The average Bonchev–Trinajstić information content (AvgIpc) is 3.54. The van der Waals surface area contributed by atoms with Crippen LogP contribution in [-0.4, -0.2) is 70.3 Å². The molecule has 44 heavy (non-hydrogen) atoms. The SMILES string of the molecule is CCOc1ccc(NC(=O)[C@@H]2[C@H]3C(=O)N([C@@H](CO)Cc4ccccc4)C(C(=O)NC4CCCCC4)C34CC(C)[C@@]2(C)O4)cc1. The van der Waals surface area contributed by atoms with Crippen molar-refractivity contribution in [2.45, 2.75) is 95.0 Å². The Morgan fingerprint density at radius 3 is 2.43 bits per heavy atom. The minimum atomic E-state index is -1.17. The van der Waals surface area contributed by atoms with Gasteiger partial charge in [-0.05, 0) is 75.3 Å². The zero-order valence-electron chi connectivity index (χ0n) is 26.0. The standard InChI is InChI=1S/C35H45N3O6/c1-4-43-27-17-15-25(16-18-27)36-31(40)28-29-33(42)38(26(21-39)19-23-11-7-5-8-12-23)30(32(41)37-24-13-9-6-10-14-24)35(29)20-22(2)34(28,3)44-35/h5,7-8,11-12,15-18,22,24,26,28-30,39H,4,6,9-10,13-14,19-21H2,1-3H3,(H,36,40)(H,37,41)/t22?,26-,28+,29+,30?,34-,35?/m1/s1. The molecule has 1 saturated carbocycles. The van der Waals surface area contributed by atoms with Gasteiger partial charge in [0.05, 0.1) is 36.7 Å². The van der Waals surface area contributed by atoms with Gasteiger partial charge in [0.25, 0.3) is 0 Å². The molecule has 3 heterocycles. The summed E-state index contributed by atoms with van der Waals surface area (Å²) in [7, 11) is 0. The first-order chi connectivity index (χ1) is 21.2. The number of anilines is 1. The summed E-state index contributed by atoms with van der Waals surface area (Å²) in [4.78, 5) is 44.7. The maximum atomic E-state index is 14.7. The number of carbonyl (C=O) groups is 3. The van der Waals surface area contributed by atoms with Crippen molar-refractivity contribution in [2.24, 2.45) is 17.8 Å². The first kappa shape index (κ1) is 30.6. The molecular formula is C35H45N3O6. The summed E-state index contributed by atoms with van der Waals surface area (Å²) in [5, 5.41) is 17.0. The van der Waals surface area contributed by atoms with E-state index in [0.29, 0.717) is 30.9 Å². The van der Waals surface area contributed by atoms with Gasteiger partial charge in [0.15, 0.2) is 0 Å². The van der Waals surface area contributed by atoms with Crippen molar-refractivity contribution in [1.82, 2.24) is 10.2 Å². The highest BCUT2D eigenvalue weighted by Crippen LogP contribution is 2.65. The third-order valence-corrected chi connectivity index (χ3v) is 10.6. The van der Waals surface area contributed by atoms with Gasteiger partial charge in [-0.3, -0.25) is 14.4 Å². The highest BCUT2D eigenvalue weighted by molar-refractivity contribution is 6.02. The number of likely N-dealkylation sites (tertiary alicyclic amines) is 1. The molecule has 3 unspecified atom stereocenters. The molecule has 3 N–H and O–H groups in total. The molecule has 9 nitrogen and oxygen atoms in total. The summed E-state index contributed by atoms with van der Waals surface area (Å²) in [5.41, 5.74) is -0.554. The second-order valence-corrected chi connectivity index (χ2v) is 13.3. The lowest BCUT2D eigenvalue weighted by atomic mass is 9.62. The molecule has 9 heteroatoms. The van der Waals surface area contributed by atoms with Crippen molar-refractivity contribution in [1.29, 1.82) is 0 Å². The molecular weight excluding hydrogens is 558 g/mol. The van der Waals surface area contributed by atoms with Crippen LogP contribution in [0.5, 0.6) is 5.75 Å². The Hall–Kier alpha value is -3.43. The van der Waals surface area contributed by atoms with Crippen LogP contribution in [0, 0.1) is 17.8 Å². The van der Waals surface area contributed by atoms with Crippen LogP contribution in [0.3, 0.4) is 0 Å². The average molecular weight is 604 g/mol. The molecule has 1 spiro atoms. The number of benzene rings is 2. The van der Waals surface area contributed by atoms with Crippen LogP contribution in [0.25, 0.3) is 0 Å². The number of ether oxygens (including phenoxy) is 2. The number of nitrogens with one attached hydrogen (secondary N) is 2. The van der Waals surface area contributed by atoms with E-state index in [1.54, 1.807) is 29.2 Å². The Kier molecular flexibility index (Phi) is 8.46. The summed E-state index contributed by atoms with van der Waals surface area (Å²) in [6.07, 6.45) is 5.93. The van der Waals surface area contributed by atoms with Crippen LogP contribution in [0.1, 0.15) is 64.9 Å². The van der Waals surface area contributed by atoms with Crippen molar-refractivity contribution in [3.05, 3.63) is 60.2 Å². The lowest BCUT2D eigenvalue weighted by molar-refractivity contribution is -0.150. The van der Waals surface area contributed by atoms with E-state index < -0.39 is 35.1 Å². The molecule has 2 aromatic rings. The van der Waals surface area contributed by atoms with Gasteiger partial charge in [-0.1, -0.05) is 56.5 Å². The number of hydrogen-bond donors (Lipinski definition) is 3. The first-order valence-corrected chi connectivity index (χ1v) is 16.2. The number of carbonyl (C=O) groups excluding carboxylic acids is 3. The molecule has 1 aliphatic carbocycles. The topological polar surface area (TPSA) is 117 Å². The van der Waals surface area contributed by atoms with Crippen molar-refractivity contribution < 1.29 is 29.0 Å². The van der Waals surface area contributed by atoms with E-state index in [-0.39, 0.29) is 36.3 Å². The number of fused-ring (bicyclic) bond motifs is 1. The molecule has 0 aromatic heterocycles. The zero-order chi connectivity index (χ0) is 31.1. The fraction of sp³-hybridized carbons (Fsp3) is 0.571. The Morgan fingerprint density at radius 1 is 1.07 bits per heavy atom. The van der Waals surface area contributed by atoms with Gasteiger partial charge in [0.2, 0.25) is 17.7 Å². The fourth-order valence-corrected chi connectivity index (χ4v) is 8.45. The van der Waals surface area contributed by atoms with Crippen LogP contribution in [0.2, 0.25) is 0 Å². The van der Waals surface area contributed by atoms with E-state index >= 15 is 0 Å². The van der Waals surface area contributed by atoms with Gasteiger partial charge < -0.3 is 30.1 Å². The lowest BCUT2D eigenvalue weighted by Gasteiger charge is -2.38. The Morgan fingerprint density at radius 2 is 1.77 bits per heavy atom. The molecule has 2 aromatic carbocycles. The third-order valence-electron chi connectivity index (χ3n) is 10.6. The van der Waals surface area contributed by atoms with E-state index in [9.17, 15) is 19.5 Å². The van der Waals surface area contributed by atoms with E-state index in [1.165, 1.54) is 0 Å². The van der Waals surface area contributed by atoms with Gasteiger partial charge >= 0.3 is 0 Å². The van der Waals surface area contributed by atoms with Crippen LogP contribution in [-0.2, 0) is 25.5 Å². The van der Waals surface area contributed by atoms with Crippen molar-refractivity contribution >= 4 is 23.4 Å². The summed E-state index contributed by atoms with van der Waals surface area (Å²) in [6.45, 7) is 6.09. The largest absolute Gasteiger partial charge is 0.494 e. The third kappa shape index (κ3) is 5.17. The smallest absolute Gasteiger partial charge is 0.246 e.